The fourth-order valence-corrected chi connectivity index (χ4v) is 5.39. The number of hydrogen-bond donors (Lipinski definition) is 1. The van der Waals surface area contributed by atoms with E-state index in [1.165, 1.54) is 11.8 Å². The summed E-state index contributed by atoms with van der Waals surface area (Å²) >= 11 is 0. The Kier molecular flexibility index (Phi) is 7.67. The molecule has 9 heteroatoms. The number of ether oxygens (including phenoxy) is 2. The van der Waals surface area contributed by atoms with Crippen LogP contribution in [-0.2, 0) is 16.6 Å². The van der Waals surface area contributed by atoms with Crippen LogP contribution in [0.25, 0.3) is 0 Å². The van der Waals surface area contributed by atoms with Gasteiger partial charge in [-0.15, -0.1) is 0 Å². The highest BCUT2D eigenvalue weighted by Gasteiger charge is 2.41. The molecule has 1 aliphatic heterocycles. The molecule has 1 N–H and O–H groups in total. The molecule has 2 unspecified atom stereocenters. The minimum Gasteiger partial charge on any atom is -0.485 e. The molecule has 2 aliphatic rings. The first-order valence-electron chi connectivity index (χ1n) is 13.4. The van der Waals surface area contributed by atoms with Gasteiger partial charge in [-0.2, -0.15) is 5.10 Å². The number of hydrogen-bond acceptors (Lipinski definition) is 6. The van der Waals surface area contributed by atoms with Crippen molar-refractivity contribution in [1.82, 2.24) is 15.1 Å². The van der Waals surface area contributed by atoms with Crippen LogP contribution in [0.15, 0.2) is 54.7 Å². The first-order valence-corrected chi connectivity index (χ1v) is 13.4. The van der Waals surface area contributed by atoms with Crippen molar-refractivity contribution in [3.63, 3.8) is 0 Å². The number of Topliss-reactive ketones (excluding diaryl/α,β-unsaturated/α-hetero) is 1. The van der Waals surface area contributed by atoms with Crippen molar-refractivity contribution in [1.29, 1.82) is 0 Å². The van der Waals surface area contributed by atoms with Crippen LogP contribution in [0.1, 0.15) is 66.7 Å². The third-order valence-corrected chi connectivity index (χ3v) is 7.36. The van der Waals surface area contributed by atoms with Crippen LogP contribution < -0.4 is 19.7 Å². The highest BCUT2D eigenvalue weighted by atomic mass is 16.6. The second-order valence-corrected chi connectivity index (χ2v) is 10.3. The number of para-hydroxylation sites is 2. The number of anilines is 1. The number of rotatable bonds is 7. The fraction of sp³-hybridized carbons (Fsp3) is 0.400. The first-order chi connectivity index (χ1) is 18.8. The Morgan fingerprint density at radius 3 is 2.49 bits per heavy atom. The van der Waals surface area contributed by atoms with Gasteiger partial charge in [0, 0.05) is 36.1 Å². The summed E-state index contributed by atoms with van der Waals surface area (Å²) in [5.74, 6) is 0.131. The smallest absolute Gasteiger partial charge is 0.272 e. The molecule has 204 valence electrons. The lowest BCUT2D eigenvalue weighted by Crippen LogP contribution is -2.52. The van der Waals surface area contributed by atoms with Gasteiger partial charge in [0.05, 0.1) is 5.69 Å². The second-order valence-electron chi connectivity index (χ2n) is 10.3. The second kappa shape index (κ2) is 11.3. The van der Waals surface area contributed by atoms with Gasteiger partial charge in [0.1, 0.15) is 12.6 Å². The quantitative estimate of drug-likeness (QED) is 0.457. The van der Waals surface area contributed by atoms with Crippen molar-refractivity contribution >= 4 is 23.3 Å². The molecule has 9 nitrogen and oxygen atoms in total. The van der Waals surface area contributed by atoms with Gasteiger partial charge in [-0.3, -0.25) is 24.0 Å². The zero-order chi connectivity index (χ0) is 27.5. The van der Waals surface area contributed by atoms with Crippen LogP contribution in [0.2, 0.25) is 0 Å². The number of amides is 2. The molecule has 3 aromatic rings. The number of nitrogens with one attached hydrogen (secondary N) is 1. The Morgan fingerprint density at radius 1 is 1.05 bits per heavy atom. The number of nitrogens with zero attached hydrogens (tertiary/aromatic N) is 3. The predicted octanol–water partition coefficient (Wildman–Crippen LogP) is 4.29. The highest BCUT2D eigenvalue weighted by molar-refractivity contribution is 6.05. The summed E-state index contributed by atoms with van der Waals surface area (Å²) in [6.07, 6.45) is 5.82. The lowest BCUT2D eigenvalue weighted by Gasteiger charge is -2.36. The molecule has 1 saturated carbocycles. The molecule has 1 aliphatic carbocycles. The van der Waals surface area contributed by atoms with Gasteiger partial charge < -0.3 is 14.8 Å². The van der Waals surface area contributed by atoms with E-state index in [0.29, 0.717) is 34.0 Å². The minimum atomic E-state index is -1.03. The van der Waals surface area contributed by atoms with Crippen molar-refractivity contribution < 1.29 is 23.9 Å². The van der Waals surface area contributed by atoms with Gasteiger partial charge >= 0.3 is 0 Å². The summed E-state index contributed by atoms with van der Waals surface area (Å²) in [6.45, 7) is 3.28. The maximum Gasteiger partial charge on any atom is 0.272 e. The van der Waals surface area contributed by atoms with E-state index in [9.17, 15) is 14.4 Å². The van der Waals surface area contributed by atoms with Gasteiger partial charge in [-0.25, -0.2) is 0 Å². The molecule has 0 bridgehead atoms. The summed E-state index contributed by atoms with van der Waals surface area (Å²) in [7, 11) is 1.78. The topological polar surface area (TPSA) is 103 Å². The molecular weight excluding hydrogens is 496 g/mol. The van der Waals surface area contributed by atoms with Gasteiger partial charge in [0.25, 0.3) is 5.91 Å². The molecule has 1 fully saturated rings. The zero-order valence-electron chi connectivity index (χ0n) is 22.6. The molecule has 1 aromatic heterocycles. The summed E-state index contributed by atoms with van der Waals surface area (Å²) in [4.78, 5) is 42.2. The lowest BCUT2D eigenvalue weighted by molar-refractivity contribution is -0.132. The monoisotopic (exact) mass is 530 g/mol. The van der Waals surface area contributed by atoms with E-state index >= 15 is 0 Å². The standard InChI is InChI=1S/C30H34N4O5/c1-19-24(17-33(3)32-19)28(29(36)31-22-11-5-4-6-12-22)34(23-13-9-10-21(16-23)20(2)35)30(37)27-18-38-25-14-7-8-15-26(25)39-27/h7-10,13-17,22,27-28H,4-6,11-12,18H2,1-3H3,(H,31,36). The minimum absolute atomic E-state index is 0.0122. The maximum atomic E-state index is 14.3. The largest absolute Gasteiger partial charge is 0.485 e. The van der Waals surface area contributed by atoms with E-state index in [-0.39, 0.29) is 24.3 Å². The molecule has 5 rings (SSSR count). The predicted molar refractivity (Wildman–Crippen MR) is 146 cm³/mol. The number of ketones is 1. The van der Waals surface area contributed by atoms with Crippen LogP contribution >= 0.6 is 0 Å². The van der Waals surface area contributed by atoms with E-state index in [1.54, 1.807) is 54.3 Å². The van der Waals surface area contributed by atoms with E-state index in [1.807, 2.05) is 19.1 Å². The van der Waals surface area contributed by atoms with Gasteiger partial charge in [-0.1, -0.05) is 43.5 Å². The van der Waals surface area contributed by atoms with E-state index < -0.39 is 18.1 Å². The van der Waals surface area contributed by atoms with Gasteiger partial charge in [0.15, 0.2) is 17.3 Å². The van der Waals surface area contributed by atoms with Crippen molar-refractivity contribution in [2.45, 2.75) is 64.1 Å². The fourth-order valence-electron chi connectivity index (χ4n) is 5.39. The summed E-state index contributed by atoms with van der Waals surface area (Å²) in [5.41, 5.74) is 2.09. The average molecular weight is 531 g/mol. The van der Waals surface area contributed by atoms with E-state index in [0.717, 1.165) is 32.1 Å². The Morgan fingerprint density at radius 2 is 1.79 bits per heavy atom. The Balaban J connectivity index is 1.59. The highest BCUT2D eigenvalue weighted by Crippen LogP contribution is 2.35. The Hall–Kier alpha value is -4.14. The Labute approximate surface area is 228 Å². The Bertz CT molecular complexity index is 1380. The van der Waals surface area contributed by atoms with Crippen LogP contribution in [0, 0.1) is 6.92 Å². The number of carbonyl (C=O) groups excluding carboxylic acids is 3. The number of aryl methyl sites for hydroxylation is 2. The normalized spacial score (nSPS) is 17.8. The van der Waals surface area contributed by atoms with Gasteiger partial charge in [0.2, 0.25) is 12.0 Å². The van der Waals surface area contributed by atoms with E-state index in [4.69, 9.17) is 9.47 Å². The van der Waals surface area contributed by atoms with Crippen molar-refractivity contribution in [3.8, 4) is 11.5 Å². The van der Waals surface area contributed by atoms with Crippen molar-refractivity contribution in [3.05, 3.63) is 71.5 Å². The van der Waals surface area contributed by atoms with Crippen molar-refractivity contribution in [2.24, 2.45) is 7.05 Å². The molecule has 2 amide bonds. The van der Waals surface area contributed by atoms with Gasteiger partial charge in [-0.05, 0) is 51.0 Å². The molecule has 2 heterocycles. The van der Waals surface area contributed by atoms with E-state index in [2.05, 4.69) is 10.4 Å². The molecular formula is C30H34N4O5. The number of benzene rings is 2. The number of carbonyl (C=O) groups is 3. The van der Waals surface area contributed by atoms with Crippen molar-refractivity contribution in [2.75, 3.05) is 11.5 Å². The third-order valence-electron chi connectivity index (χ3n) is 7.36. The summed E-state index contributed by atoms with van der Waals surface area (Å²) in [5, 5.41) is 7.68. The molecule has 0 saturated heterocycles. The molecule has 0 spiro atoms. The molecule has 0 radical (unpaired) electrons. The molecule has 39 heavy (non-hydrogen) atoms. The summed E-state index contributed by atoms with van der Waals surface area (Å²) < 4.78 is 13.6. The molecule has 2 aromatic carbocycles. The zero-order valence-corrected chi connectivity index (χ0v) is 22.6. The van der Waals surface area contributed by atoms with Crippen LogP contribution in [0.3, 0.4) is 0 Å². The lowest BCUT2D eigenvalue weighted by atomic mass is 9.94. The van der Waals surface area contributed by atoms with Crippen LogP contribution in [-0.4, -0.2) is 46.1 Å². The summed E-state index contributed by atoms with van der Waals surface area (Å²) in [6, 6.07) is 13.0. The number of aromatic nitrogens is 2. The molecule has 2 atom stereocenters. The SMILES string of the molecule is CC(=O)c1cccc(N(C(=O)C2COc3ccccc3O2)C(C(=O)NC2CCCCC2)c2cn(C)nc2C)c1. The van der Waals surface area contributed by atoms with Crippen LogP contribution in [0.5, 0.6) is 11.5 Å². The first kappa shape index (κ1) is 26.5. The van der Waals surface area contributed by atoms with Crippen LogP contribution in [0.4, 0.5) is 5.69 Å². The average Bonchev–Trinajstić information content (AvgIpc) is 3.28. The maximum absolute atomic E-state index is 14.3. The third kappa shape index (κ3) is 5.67. The number of fused-ring (bicyclic) bond motifs is 1.